The van der Waals surface area contributed by atoms with Gasteiger partial charge in [-0.3, -0.25) is 19.0 Å². The number of halogens is 1. The van der Waals surface area contributed by atoms with Crippen LogP contribution in [0.2, 0.25) is 0 Å². The fourth-order valence-corrected chi connectivity index (χ4v) is 4.23. The van der Waals surface area contributed by atoms with E-state index in [9.17, 15) is 18.8 Å². The molecule has 0 saturated carbocycles. The number of aromatic nitrogens is 4. The summed E-state index contributed by atoms with van der Waals surface area (Å²) < 4.78 is 15.1. The smallest absolute Gasteiger partial charge is 0.265 e. The zero-order valence-electron chi connectivity index (χ0n) is 20.1. The maximum absolute atomic E-state index is 13.9. The minimum Gasteiger partial charge on any atom is -0.449 e. The molecule has 0 bridgehead atoms. The third-order valence-corrected chi connectivity index (χ3v) is 6.15. The number of amides is 2. The first-order valence-corrected chi connectivity index (χ1v) is 11.4. The molecule has 195 valence electrons. The number of nitrogens with one attached hydrogen (secondary N) is 1. The van der Waals surface area contributed by atoms with Crippen molar-refractivity contribution < 1.29 is 34.1 Å². The summed E-state index contributed by atoms with van der Waals surface area (Å²) in [5.74, 6) is -1.07. The minimum atomic E-state index is -1.45. The van der Waals surface area contributed by atoms with Crippen molar-refractivity contribution in [2.24, 2.45) is 0 Å². The largest absolute Gasteiger partial charge is 0.449 e. The van der Waals surface area contributed by atoms with E-state index in [1.807, 2.05) is 6.07 Å². The molecule has 10 nitrogen and oxygen atoms in total. The average Bonchev–Trinajstić information content (AvgIpc) is 3.42. The molecule has 0 spiro atoms. The van der Waals surface area contributed by atoms with E-state index in [-0.39, 0.29) is 57.5 Å². The zero-order chi connectivity index (χ0) is 26.2. The van der Waals surface area contributed by atoms with Gasteiger partial charge in [-0.1, -0.05) is 24.7 Å². The van der Waals surface area contributed by atoms with Crippen molar-refractivity contribution in [2.75, 3.05) is 13.1 Å². The zero-order valence-corrected chi connectivity index (χ0v) is 22.5. The van der Waals surface area contributed by atoms with E-state index in [4.69, 9.17) is 5.26 Å². The first-order valence-electron chi connectivity index (χ1n) is 11.4. The predicted molar refractivity (Wildman–Crippen MR) is 131 cm³/mol. The molecule has 1 radical (unpaired) electrons. The van der Waals surface area contributed by atoms with Gasteiger partial charge in [-0.05, 0) is 48.0 Å². The Labute approximate surface area is 229 Å². The van der Waals surface area contributed by atoms with Crippen LogP contribution < -0.4 is 15.9 Å². The Balaban J connectivity index is 0.00000336. The number of nitrogens with zero attached hydrogens (tertiary/aromatic N) is 6. The number of fused-ring (bicyclic) bond motifs is 1. The molecule has 0 atom stereocenters. The van der Waals surface area contributed by atoms with Crippen LogP contribution >= 0.6 is 0 Å². The molecule has 1 saturated heterocycles. The number of carbonyl (C=O) groups excluding carboxylic acids is 2. The van der Waals surface area contributed by atoms with Gasteiger partial charge in [0.05, 0.1) is 24.7 Å². The van der Waals surface area contributed by atoms with Crippen molar-refractivity contribution in [1.82, 2.24) is 29.7 Å². The predicted octanol–water partition coefficient (Wildman–Crippen LogP) is 1.79. The fourth-order valence-electron chi connectivity index (χ4n) is 4.23. The number of pyridine rings is 2. The topological polar surface area (TPSA) is 135 Å². The van der Waals surface area contributed by atoms with Crippen molar-refractivity contribution in [3.05, 3.63) is 82.2 Å². The summed E-state index contributed by atoms with van der Waals surface area (Å²) in [4.78, 5) is 53.1. The number of carbonyl (C=O) groups is 2. The number of hydrogen-bond donors (Lipinski definition) is 1. The molecule has 4 aromatic rings. The van der Waals surface area contributed by atoms with Crippen LogP contribution in [0.3, 0.4) is 0 Å². The molecule has 5 rings (SSSR count). The SMILES string of the molecule is CC1(F)CN(C(=O)Cn2c(=O)c(C(=O)NCc3ccc(C#N)cc3)cc3cc(-c4c[n-]cn4)cnc32)C1.[Ir]. The second-order valence-electron chi connectivity index (χ2n) is 9.15. The van der Waals surface area contributed by atoms with Crippen LogP contribution in [-0.2, 0) is 38.0 Å². The maximum atomic E-state index is 13.9. The van der Waals surface area contributed by atoms with Gasteiger partial charge in [0, 0.05) is 38.2 Å². The molecule has 1 aliphatic rings. The monoisotopic (exact) mass is 691 g/mol. The quantitative estimate of drug-likeness (QED) is 0.326. The molecular weight excluding hydrogens is 670 g/mol. The molecule has 2 amide bonds. The van der Waals surface area contributed by atoms with Gasteiger partial charge < -0.3 is 20.2 Å². The van der Waals surface area contributed by atoms with Gasteiger partial charge in [0.2, 0.25) is 5.91 Å². The van der Waals surface area contributed by atoms with E-state index < -0.39 is 23.0 Å². The molecule has 4 heterocycles. The van der Waals surface area contributed by atoms with E-state index in [2.05, 4.69) is 20.3 Å². The van der Waals surface area contributed by atoms with Crippen molar-refractivity contribution in [3.63, 3.8) is 0 Å². The third kappa shape index (κ3) is 5.39. The standard InChI is InChI=1S/C26H22FN7O3.Ir/c1-26(27)13-33(14-26)22(35)12-34-23-18(6-19(10-30-23)21-11-29-15-32-21)7-20(25(34)37)24(36)31-9-17-4-2-16(8-28)3-5-17;/h2-7,10-11,15H,9,12-14H2,1H3,(H2,29,31,32,36);/p-1. The Morgan fingerprint density at radius 2 is 1.95 bits per heavy atom. The molecule has 0 aliphatic carbocycles. The maximum Gasteiger partial charge on any atom is 0.265 e. The summed E-state index contributed by atoms with van der Waals surface area (Å²) in [6.45, 7) is 1.04. The Kier molecular flexibility index (Phi) is 7.53. The van der Waals surface area contributed by atoms with E-state index in [1.165, 1.54) is 30.4 Å². The minimum absolute atomic E-state index is 0. The summed E-state index contributed by atoms with van der Waals surface area (Å²) in [6.07, 6.45) is 4.47. The fraction of sp³-hybridized carbons (Fsp3) is 0.231. The molecule has 3 aromatic heterocycles. The van der Waals surface area contributed by atoms with Crippen molar-refractivity contribution in [3.8, 4) is 17.3 Å². The summed E-state index contributed by atoms with van der Waals surface area (Å²) in [5.41, 5.74) is 0.340. The van der Waals surface area contributed by atoms with E-state index in [1.54, 1.807) is 36.5 Å². The molecule has 38 heavy (non-hydrogen) atoms. The number of hydrogen-bond acceptors (Lipinski definition) is 6. The number of benzene rings is 1. The van der Waals surface area contributed by atoms with Gasteiger partial charge in [0.15, 0.2) is 0 Å². The van der Waals surface area contributed by atoms with Gasteiger partial charge in [-0.2, -0.15) is 5.26 Å². The van der Waals surface area contributed by atoms with Crippen LogP contribution in [0.15, 0.2) is 59.9 Å². The Hall–Kier alpha value is -4.20. The second kappa shape index (κ2) is 10.7. The van der Waals surface area contributed by atoms with Gasteiger partial charge in [-0.25, -0.2) is 9.37 Å². The first kappa shape index (κ1) is 26.9. The normalized spacial score (nSPS) is 13.8. The number of alkyl halides is 1. The molecule has 12 heteroatoms. The molecule has 1 aliphatic heterocycles. The number of likely N-dealkylation sites (tertiary alicyclic amines) is 1. The van der Waals surface area contributed by atoms with Crippen LogP contribution in [0.1, 0.15) is 28.4 Å². The average molecular weight is 691 g/mol. The summed E-state index contributed by atoms with van der Waals surface area (Å²) in [5, 5.41) is 12.1. The summed E-state index contributed by atoms with van der Waals surface area (Å²) >= 11 is 0. The first-order chi connectivity index (χ1) is 17.7. The van der Waals surface area contributed by atoms with E-state index in [0.717, 1.165) is 10.1 Å². The van der Waals surface area contributed by atoms with Crippen LogP contribution in [-0.4, -0.2) is 50.0 Å². The van der Waals surface area contributed by atoms with Crippen molar-refractivity contribution >= 4 is 22.8 Å². The van der Waals surface area contributed by atoms with Gasteiger partial charge in [0.1, 0.15) is 23.4 Å². The van der Waals surface area contributed by atoms with Crippen LogP contribution in [0.5, 0.6) is 0 Å². The van der Waals surface area contributed by atoms with E-state index >= 15 is 0 Å². The van der Waals surface area contributed by atoms with Crippen LogP contribution in [0.4, 0.5) is 4.39 Å². The van der Waals surface area contributed by atoms with Crippen molar-refractivity contribution in [2.45, 2.75) is 25.7 Å². The number of nitriles is 1. The van der Waals surface area contributed by atoms with Crippen molar-refractivity contribution in [1.29, 1.82) is 5.26 Å². The second-order valence-corrected chi connectivity index (χ2v) is 9.15. The Bertz CT molecular complexity index is 1600. The Morgan fingerprint density at radius 1 is 1.21 bits per heavy atom. The summed E-state index contributed by atoms with van der Waals surface area (Å²) in [6, 6.07) is 11.9. The Morgan fingerprint density at radius 3 is 2.58 bits per heavy atom. The number of rotatable bonds is 6. The summed E-state index contributed by atoms with van der Waals surface area (Å²) in [7, 11) is 0. The molecule has 0 unspecified atom stereocenters. The van der Waals surface area contributed by atoms with Crippen LogP contribution in [0.25, 0.3) is 22.3 Å². The van der Waals surface area contributed by atoms with E-state index in [0.29, 0.717) is 22.2 Å². The van der Waals surface area contributed by atoms with Gasteiger partial charge in [0.25, 0.3) is 11.5 Å². The molecule has 1 aromatic carbocycles. The molecule has 1 fully saturated rings. The third-order valence-electron chi connectivity index (χ3n) is 6.15. The van der Waals surface area contributed by atoms with Crippen LogP contribution in [0, 0.1) is 11.3 Å². The molecular formula is C26H21FIrN7O3-. The molecule has 1 N–H and O–H groups in total. The number of imidazole rings is 1. The van der Waals surface area contributed by atoms with Gasteiger partial charge >= 0.3 is 0 Å². The van der Waals surface area contributed by atoms with Gasteiger partial charge in [-0.15, -0.1) is 0 Å².